The van der Waals surface area contributed by atoms with E-state index >= 15 is 0 Å². The van der Waals surface area contributed by atoms with Crippen molar-refractivity contribution in [3.63, 3.8) is 0 Å². The van der Waals surface area contributed by atoms with Crippen LogP contribution in [-0.4, -0.2) is 12.0 Å². The van der Waals surface area contributed by atoms with E-state index in [-0.39, 0.29) is 5.41 Å². The fourth-order valence-corrected chi connectivity index (χ4v) is 2.39. The molecule has 0 unspecified atom stereocenters. The van der Waals surface area contributed by atoms with Crippen LogP contribution in [0.4, 0.5) is 0 Å². The highest BCUT2D eigenvalue weighted by molar-refractivity contribution is 7.99. The molecule has 0 heterocycles. The summed E-state index contributed by atoms with van der Waals surface area (Å²) in [6.07, 6.45) is 3.16. The van der Waals surface area contributed by atoms with Gasteiger partial charge in [0.25, 0.3) is 0 Å². The average molecular weight is 206 g/mol. The Morgan fingerprint density at radius 1 is 1.50 bits per heavy atom. The third-order valence-electron chi connectivity index (χ3n) is 2.73. The zero-order valence-electron chi connectivity index (χ0n) is 8.32. The Morgan fingerprint density at radius 2 is 2.29 bits per heavy atom. The summed E-state index contributed by atoms with van der Waals surface area (Å²) < 4.78 is 0. The van der Waals surface area contributed by atoms with Gasteiger partial charge < -0.3 is 4.79 Å². The predicted octanol–water partition coefficient (Wildman–Crippen LogP) is 3.03. The molecule has 1 aromatic rings. The molecule has 0 N–H and O–H groups in total. The molecule has 0 atom stereocenters. The van der Waals surface area contributed by atoms with Gasteiger partial charge in [-0.2, -0.15) is 0 Å². The topological polar surface area (TPSA) is 17.1 Å². The number of thioether (sulfide) groups is 1. The van der Waals surface area contributed by atoms with E-state index in [4.69, 9.17) is 0 Å². The fraction of sp³-hybridized carbons (Fsp3) is 0.417. The van der Waals surface area contributed by atoms with Gasteiger partial charge in [0, 0.05) is 4.90 Å². The van der Waals surface area contributed by atoms with Gasteiger partial charge in [-0.25, -0.2) is 0 Å². The summed E-state index contributed by atoms with van der Waals surface area (Å²) in [5.41, 5.74) is 1.08. The highest BCUT2D eigenvalue weighted by atomic mass is 32.2. The number of carbonyl (C=O) groups excluding carboxylic acids is 1. The molecule has 0 aliphatic heterocycles. The molecule has 14 heavy (non-hydrogen) atoms. The number of aldehydes is 1. The van der Waals surface area contributed by atoms with Crippen molar-refractivity contribution < 1.29 is 4.79 Å². The molecule has 0 bridgehead atoms. The summed E-state index contributed by atoms with van der Waals surface area (Å²) in [6, 6.07) is 8.39. The second-order valence-electron chi connectivity index (χ2n) is 3.73. The molecule has 1 aliphatic rings. The van der Waals surface area contributed by atoms with Crippen LogP contribution in [0.2, 0.25) is 0 Å². The molecule has 1 aliphatic carbocycles. The van der Waals surface area contributed by atoms with Crippen LogP contribution in [-0.2, 0) is 10.2 Å². The van der Waals surface area contributed by atoms with Gasteiger partial charge in [-0.1, -0.05) is 19.1 Å². The first-order chi connectivity index (χ1) is 6.80. The molecular weight excluding hydrogens is 192 g/mol. The van der Waals surface area contributed by atoms with Crippen LogP contribution < -0.4 is 0 Å². The summed E-state index contributed by atoms with van der Waals surface area (Å²) >= 11 is 1.83. The number of carbonyl (C=O) groups is 1. The third kappa shape index (κ3) is 1.71. The van der Waals surface area contributed by atoms with Crippen LogP contribution in [0.15, 0.2) is 29.2 Å². The van der Waals surface area contributed by atoms with Crippen LogP contribution in [0.3, 0.4) is 0 Å². The van der Waals surface area contributed by atoms with E-state index in [1.165, 1.54) is 10.5 Å². The van der Waals surface area contributed by atoms with E-state index in [0.29, 0.717) is 0 Å². The molecule has 74 valence electrons. The summed E-state index contributed by atoms with van der Waals surface area (Å²) in [5.74, 6) is 1.08. The summed E-state index contributed by atoms with van der Waals surface area (Å²) in [7, 11) is 0. The van der Waals surface area contributed by atoms with Gasteiger partial charge in [-0.05, 0) is 36.3 Å². The van der Waals surface area contributed by atoms with Crippen molar-refractivity contribution in [3.05, 3.63) is 29.8 Å². The Bertz CT molecular complexity index is 342. The Kier molecular flexibility index (Phi) is 2.64. The SMILES string of the molecule is CCSc1cccc(C2(C=O)CC2)c1. The molecular formula is C12H14OS. The van der Waals surface area contributed by atoms with Crippen LogP contribution in [0.25, 0.3) is 0 Å². The standard InChI is InChI=1S/C12H14OS/c1-2-14-11-5-3-4-10(8-11)12(9-13)6-7-12/h3-5,8-9H,2,6-7H2,1H3. The first kappa shape index (κ1) is 9.78. The third-order valence-corrected chi connectivity index (χ3v) is 3.61. The molecule has 0 spiro atoms. The van der Waals surface area contributed by atoms with Crippen molar-refractivity contribution in [1.29, 1.82) is 0 Å². The lowest BCUT2D eigenvalue weighted by molar-refractivity contribution is -0.109. The smallest absolute Gasteiger partial charge is 0.130 e. The van der Waals surface area contributed by atoms with E-state index in [0.717, 1.165) is 24.9 Å². The second-order valence-corrected chi connectivity index (χ2v) is 5.07. The minimum Gasteiger partial charge on any atom is -0.302 e. The molecule has 0 amide bonds. The van der Waals surface area contributed by atoms with Crippen molar-refractivity contribution in [2.75, 3.05) is 5.75 Å². The largest absolute Gasteiger partial charge is 0.302 e. The first-order valence-corrected chi connectivity index (χ1v) is 5.99. The van der Waals surface area contributed by atoms with E-state index in [2.05, 4.69) is 31.2 Å². The number of hydrogen-bond acceptors (Lipinski definition) is 2. The molecule has 1 nitrogen and oxygen atoms in total. The zero-order chi connectivity index (χ0) is 10.0. The maximum Gasteiger partial charge on any atom is 0.130 e. The molecule has 2 heteroatoms. The molecule has 2 rings (SSSR count). The van der Waals surface area contributed by atoms with Gasteiger partial charge in [-0.3, -0.25) is 0 Å². The molecule has 0 saturated heterocycles. The van der Waals surface area contributed by atoms with Gasteiger partial charge in [0.15, 0.2) is 0 Å². The van der Waals surface area contributed by atoms with E-state index in [1.54, 1.807) is 0 Å². The summed E-state index contributed by atoms with van der Waals surface area (Å²) in [4.78, 5) is 12.2. The van der Waals surface area contributed by atoms with Crippen molar-refractivity contribution in [1.82, 2.24) is 0 Å². The highest BCUT2D eigenvalue weighted by Gasteiger charge is 2.44. The number of hydrogen-bond donors (Lipinski definition) is 0. The Morgan fingerprint density at radius 3 is 2.86 bits per heavy atom. The summed E-state index contributed by atoms with van der Waals surface area (Å²) in [6.45, 7) is 2.14. The second kappa shape index (κ2) is 3.77. The van der Waals surface area contributed by atoms with Crippen molar-refractivity contribution in [2.24, 2.45) is 0 Å². The van der Waals surface area contributed by atoms with Crippen molar-refractivity contribution in [2.45, 2.75) is 30.1 Å². The molecule has 0 radical (unpaired) electrons. The van der Waals surface area contributed by atoms with Crippen molar-refractivity contribution in [3.8, 4) is 0 Å². The highest BCUT2D eigenvalue weighted by Crippen LogP contribution is 2.46. The van der Waals surface area contributed by atoms with Gasteiger partial charge >= 0.3 is 0 Å². The lowest BCUT2D eigenvalue weighted by Gasteiger charge is -2.08. The zero-order valence-corrected chi connectivity index (χ0v) is 9.14. The van der Waals surface area contributed by atoms with Crippen LogP contribution in [0, 0.1) is 0 Å². The predicted molar refractivity (Wildman–Crippen MR) is 59.8 cm³/mol. The normalized spacial score (nSPS) is 17.8. The summed E-state index contributed by atoms with van der Waals surface area (Å²) in [5, 5.41) is 0. The lowest BCUT2D eigenvalue weighted by Crippen LogP contribution is -2.07. The average Bonchev–Trinajstić information content (AvgIpc) is 2.99. The van der Waals surface area contributed by atoms with Gasteiger partial charge in [0.1, 0.15) is 6.29 Å². The molecule has 1 fully saturated rings. The van der Waals surface area contributed by atoms with Gasteiger partial charge in [0.2, 0.25) is 0 Å². The maximum atomic E-state index is 11.0. The first-order valence-electron chi connectivity index (χ1n) is 5.00. The Balaban J connectivity index is 2.26. The molecule has 1 aromatic carbocycles. The van der Waals surface area contributed by atoms with E-state index in [9.17, 15) is 4.79 Å². The van der Waals surface area contributed by atoms with Crippen LogP contribution >= 0.6 is 11.8 Å². The van der Waals surface area contributed by atoms with Crippen LogP contribution in [0.1, 0.15) is 25.3 Å². The quantitative estimate of drug-likeness (QED) is 0.556. The van der Waals surface area contributed by atoms with Gasteiger partial charge in [0.05, 0.1) is 5.41 Å². The van der Waals surface area contributed by atoms with Gasteiger partial charge in [-0.15, -0.1) is 11.8 Å². The van der Waals surface area contributed by atoms with Crippen LogP contribution in [0.5, 0.6) is 0 Å². The number of rotatable bonds is 4. The molecule has 0 aromatic heterocycles. The minimum atomic E-state index is -0.121. The fourth-order valence-electron chi connectivity index (χ4n) is 1.67. The van der Waals surface area contributed by atoms with E-state index in [1.807, 2.05) is 11.8 Å². The minimum absolute atomic E-state index is 0.121. The Labute approximate surface area is 88.9 Å². The lowest BCUT2D eigenvalue weighted by atomic mass is 9.98. The number of benzene rings is 1. The van der Waals surface area contributed by atoms with E-state index < -0.39 is 0 Å². The maximum absolute atomic E-state index is 11.0. The van der Waals surface area contributed by atoms with Crippen molar-refractivity contribution >= 4 is 18.0 Å². The monoisotopic (exact) mass is 206 g/mol. The Hall–Kier alpha value is -0.760. The molecule has 1 saturated carbocycles.